The third-order valence-corrected chi connectivity index (χ3v) is 2.55. The van der Waals surface area contributed by atoms with E-state index in [1.807, 2.05) is 30.3 Å². The van der Waals surface area contributed by atoms with Gasteiger partial charge in [-0.05, 0) is 23.8 Å². The van der Waals surface area contributed by atoms with Gasteiger partial charge in [0.05, 0.1) is 19.3 Å². The van der Waals surface area contributed by atoms with Crippen LogP contribution < -0.4 is 9.47 Å². The van der Waals surface area contributed by atoms with Gasteiger partial charge in [-0.2, -0.15) is 0 Å². The average Bonchev–Trinajstić information content (AvgIpc) is 2.45. The number of ether oxygens (including phenoxy) is 2. The van der Waals surface area contributed by atoms with E-state index in [1.54, 1.807) is 19.2 Å². The number of rotatable bonds is 5. The highest BCUT2D eigenvalue weighted by Gasteiger charge is 2.12. The highest BCUT2D eigenvalue weighted by Crippen LogP contribution is 2.37. The minimum atomic E-state index is -0.0224. The number of aliphatic hydroxyl groups excluding tert-OH is 1. The van der Waals surface area contributed by atoms with E-state index < -0.39 is 0 Å². The van der Waals surface area contributed by atoms with Gasteiger partial charge in [0.2, 0.25) is 0 Å². The van der Waals surface area contributed by atoms with Gasteiger partial charge in [-0.15, -0.1) is 0 Å². The van der Waals surface area contributed by atoms with Crippen molar-refractivity contribution < 1.29 is 14.6 Å². The number of aliphatic hydroxyl groups is 1. The first-order valence-electron chi connectivity index (χ1n) is 5.74. The second kappa shape index (κ2) is 6.07. The van der Waals surface area contributed by atoms with Crippen molar-refractivity contribution >= 4 is 0 Å². The fourth-order valence-corrected chi connectivity index (χ4v) is 1.78. The van der Waals surface area contributed by atoms with Crippen molar-refractivity contribution in [2.75, 3.05) is 20.3 Å². The fourth-order valence-electron chi connectivity index (χ4n) is 1.78. The summed E-state index contributed by atoms with van der Waals surface area (Å²) >= 11 is 0. The smallest absolute Gasteiger partial charge is 0.131 e. The molecule has 0 bridgehead atoms. The van der Waals surface area contributed by atoms with E-state index in [0.29, 0.717) is 11.5 Å². The molecule has 1 N–H and O–H groups in total. The summed E-state index contributed by atoms with van der Waals surface area (Å²) in [5, 5.41) is 8.85. The Hall–Kier alpha value is -2.00. The van der Waals surface area contributed by atoms with E-state index in [2.05, 4.69) is 6.07 Å². The summed E-state index contributed by atoms with van der Waals surface area (Å²) < 4.78 is 10.9. The molecule has 0 atom stereocenters. The topological polar surface area (TPSA) is 38.7 Å². The summed E-state index contributed by atoms with van der Waals surface area (Å²) in [7, 11) is 1.62. The first-order valence-corrected chi connectivity index (χ1v) is 5.74. The van der Waals surface area contributed by atoms with Crippen molar-refractivity contribution in [2.45, 2.75) is 0 Å². The number of methoxy groups -OCH3 is 1. The summed E-state index contributed by atoms with van der Waals surface area (Å²) in [6.07, 6.45) is 0. The molecule has 3 nitrogen and oxygen atoms in total. The maximum absolute atomic E-state index is 8.85. The largest absolute Gasteiger partial charge is 0.496 e. The number of hydrogen-bond acceptors (Lipinski definition) is 3. The monoisotopic (exact) mass is 243 g/mol. The van der Waals surface area contributed by atoms with Crippen LogP contribution in [0.1, 0.15) is 0 Å². The van der Waals surface area contributed by atoms with Gasteiger partial charge in [0.25, 0.3) is 0 Å². The molecule has 0 saturated carbocycles. The third-order valence-electron chi connectivity index (χ3n) is 2.55. The van der Waals surface area contributed by atoms with Crippen molar-refractivity contribution in [3.63, 3.8) is 0 Å². The van der Waals surface area contributed by atoms with Crippen LogP contribution in [0.3, 0.4) is 0 Å². The van der Waals surface area contributed by atoms with Crippen molar-refractivity contribution in [1.29, 1.82) is 0 Å². The number of hydrogen-bond donors (Lipinski definition) is 1. The van der Waals surface area contributed by atoms with Gasteiger partial charge in [0.15, 0.2) is 0 Å². The SMILES string of the molecule is COc1c[c]cc(OCCO)c1-c1ccccc1. The predicted molar refractivity (Wildman–Crippen MR) is 69.8 cm³/mol. The minimum Gasteiger partial charge on any atom is -0.496 e. The lowest BCUT2D eigenvalue weighted by atomic mass is 10.0. The summed E-state index contributed by atoms with van der Waals surface area (Å²) in [6, 6.07) is 16.3. The van der Waals surface area contributed by atoms with Gasteiger partial charge < -0.3 is 14.6 Å². The van der Waals surface area contributed by atoms with Gasteiger partial charge in [-0.1, -0.05) is 30.3 Å². The molecule has 0 spiro atoms. The molecule has 0 saturated heterocycles. The van der Waals surface area contributed by atoms with E-state index >= 15 is 0 Å². The fraction of sp³-hybridized carbons (Fsp3) is 0.200. The Morgan fingerprint density at radius 3 is 2.50 bits per heavy atom. The zero-order valence-electron chi connectivity index (χ0n) is 10.2. The first-order chi connectivity index (χ1) is 8.86. The molecule has 0 heterocycles. The Bertz CT molecular complexity index is 494. The Kier molecular flexibility index (Phi) is 4.20. The van der Waals surface area contributed by atoms with Crippen molar-refractivity contribution in [3.8, 4) is 22.6 Å². The Morgan fingerprint density at radius 2 is 1.83 bits per heavy atom. The van der Waals surface area contributed by atoms with Gasteiger partial charge in [0, 0.05) is 0 Å². The van der Waals surface area contributed by atoms with Crippen LogP contribution in [0.15, 0.2) is 42.5 Å². The van der Waals surface area contributed by atoms with E-state index in [4.69, 9.17) is 14.6 Å². The lowest BCUT2D eigenvalue weighted by molar-refractivity contribution is 0.201. The normalized spacial score (nSPS) is 10.1. The van der Waals surface area contributed by atoms with Crippen molar-refractivity contribution in [2.24, 2.45) is 0 Å². The molecular weight excluding hydrogens is 228 g/mol. The molecule has 0 unspecified atom stereocenters. The lowest BCUT2D eigenvalue weighted by Gasteiger charge is -2.14. The van der Waals surface area contributed by atoms with Crippen molar-refractivity contribution in [1.82, 2.24) is 0 Å². The van der Waals surface area contributed by atoms with E-state index in [-0.39, 0.29) is 13.2 Å². The predicted octanol–water partition coefficient (Wildman–Crippen LogP) is 2.53. The molecule has 2 aromatic carbocycles. The van der Waals surface area contributed by atoms with Gasteiger partial charge in [-0.3, -0.25) is 0 Å². The maximum Gasteiger partial charge on any atom is 0.131 e. The summed E-state index contributed by atoms with van der Waals surface area (Å²) in [5.74, 6) is 1.37. The molecule has 2 rings (SSSR count). The standard InChI is InChI=1S/C15H15O3/c1-17-13-8-5-9-14(18-11-10-16)15(13)12-6-3-2-4-7-12/h2-4,6-9,16H,10-11H2,1H3. The lowest BCUT2D eigenvalue weighted by Crippen LogP contribution is -2.03. The molecule has 0 fully saturated rings. The zero-order valence-corrected chi connectivity index (χ0v) is 10.2. The van der Waals surface area contributed by atoms with Crippen LogP contribution in [0, 0.1) is 6.07 Å². The summed E-state index contributed by atoms with van der Waals surface area (Å²) in [5.41, 5.74) is 1.89. The van der Waals surface area contributed by atoms with Crippen LogP contribution >= 0.6 is 0 Å². The van der Waals surface area contributed by atoms with E-state index in [1.165, 1.54) is 0 Å². The quantitative estimate of drug-likeness (QED) is 0.877. The molecule has 0 aliphatic heterocycles. The van der Waals surface area contributed by atoms with Crippen molar-refractivity contribution in [3.05, 3.63) is 48.5 Å². The summed E-state index contributed by atoms with van der Waals surface area (Å²) in [4.78, 5) is 0. The van der Waals surface area contributed by atoms with Gasteiger partial charge >= 0.3 is 0 Å². The maximum atomic E-state index is 8.85. The Balaban J connectivity index is 2.47. The molecule has 0 amide bonds. The number of benzene rings is 2. The van der Waals surface area contributed by atoms with Crippen LogP contribution in [-0.4, -0.2) is 25.4 Å². The molecule has 0 aromatic heterocycles. The van der Waals surface area contributed by atoms with Gasteiger partial charge in [-0.25, -0.2) is 0 Å². The Morgan fingerprint density at radius 1 is 1.11 bits per heavy atom. The van der Waals surface area contributed by atoms with E-state index in [0.717, 1.165) is 11.1 Å². The highest BCUT2D eigenvalue weighted by atomic mass is 16.5. The molecule has 0 aliphatic carbocycles. The van der Waals surface area contributed by atoms with Crippen LogP contribution in [-0.2, 0) is 0 Å². The first kappa shape index (κ1) is 12.5. The molecule has 2 aromatic rings. The van der Waals surface area contributed by atoms with Crippen LogP contribution in [0.4, 0.5) is 0 Å². The molecule has 1 radical (unpaired) electrons. The molecule has 18 heavy (non-hydrogen) atoms. The van der Waals surface area contributed by atoms with E-state index in [9.17, 15) is 0 Å². The second-order valence-corrected chi connectivity index (χ2v) is 3.70. The molecule has 0 aliphatic rings. The minimum absolute atomic E-state index is 0.0224. The highest BCUT2D eigenvalue weighted by molar-refractivity contribution is 5.76. The average molecular weight is 243 g/mol. The molecular formula is C15H15O3. The van der Waals surface area contributed by atoms with Crippen LogP contribution in [0.5, 0.6) is 11.5 Å². The zero-order chi connectivity index (χ0) is 12.8. The second-order valence-electron chi connectivity index (χ2n) is 3.70. The molecule has 93 valence electrons. The third kappa shape index (κ3) is 2.63. The Labute approximate surface area is 107 Å². The molecule has 3 heteroatoms. The van der Waals surface area contributed by atoms with Crippen LogP contribution in [0.25, 0.3) is 11.1 Å². The van der Waals surface area contributed by atoms with Gasteiger partial charge in [0.1, 0.15) is 18.1 Å². The summed E-state index contributed by atoms with van der Waals surface area (Å²) in [6.45, 7) is 0.228. The van der Waals surface area contributed by atoms with Crippen LogP contribution in [0.2, 0.25) is 0 Å².